The standard InChI is InChI=1S/C15H21N3/c1-12-5-6-14(13(2)11-12)15-16-7-8-18(15)10-9-17(3)4/h5-8,11H,9-10H2,1-4H3. The zero-order chi connectivity index (χ0) is 13.1. The first-order valence-corrected chi connectivity index (χ1v) is 6.31. The minimum Gasteiger partial charge on any atom is -0.330 e. The summed E-state index contributed by atoms with van der Waals surface area (Å²) in [6.07, 6.45) is 3.93. The highest BCUT2D eigenvalue weighted by Crippen LogP contribution is 2.22. The number of likely N-dealkylation sites (N-methyl/N-ethyl adjacent to an activating group) is 1. The molecule has 1 aromatic carbocycles. The van der Waals surface area contributed by atoms with Crippen molar-refractivity contribution in [2.75, 3.05) is 20.6 Å². The van der Waals surface area contributed by atoms with E-state index in [-0.39, 0.29) is 0 Å². The summed E-state index contributed by atoms with van der Waals surface area (Å²) < 4.78 is 2.22. The lowest BCUT2D eigenvalue weighted by molar-refractivity contribution is 0.385. The maximum absolute atomic E-state index is 4.50. The molecule has 2 rings (SSSR count). The Morgan fingerprint density at radius 2 is 2.00 bits per heavy atom. The van der Waals surface area contributed by atoms with Crippen LogP contribution >= 0.6 is 0 Å². The van der Waals surface area contributed by atoms with Crippen LogP contribution in [0.4, 0.5) is 0 Å². The van der Waals surface area contributed by atoms with Crippen molar-refractivity contribution in [2.24, 2.45) is 0 Å². The Balaban J connectivity index is 2.30. The minimum absolute atomic E-state index is 0.968. The molecule has 0 saturated heterocycles. The minimum atomic E-state index is 0.968. The van der Waals surface area contributed by atoms with Crippen LogP contribution in [0.5, 0.6) is 0 Å². The van der Waals surface area contributed by atoms with Crippen molar-refractivity contribution in [3.63, 3.8) is 0 Å². The molecule has 0 aliphatic heterocycles. The summed E-state index contributed by atoms with van der Waals surface area (Å²) in [6.45, 7) is 6.26. The molecule has 2 aromatic rings. The number of hydrogen-bond acceptors (Lipinski definition) is 2. The molecule has 0 atom stereocenters. The van der Waals surface area contributed by atoms with Gasteiger partial charge in [0.2, 0.25) is 0 Å². The molecule has 0 unspecified atom stereocenters. The molecule has 0 fully saturated rings. The molecular weight excluding hydrogens is 222 g/mol. The number of nitrogens with zero attached hydrogens (tertiary/aromatic N) is 3. The van der Waals surface area contributed by atoms with Gasteiger partial charge in [0.05, 0.1) is 0 Å². The van der Waals surface area contributed by atoms with Crippen LogP contribution in [-0.4, -0.2) is 35.1 Å². The summed E-state index contributed by atoms with van der Waals surface area (Å²) in [5.74, 6) is 1.06. The largest absolute Gasteiger partial charge is 0.330 e. The maximum atomic E-state index is 4.50. The molecule has 0 amide bonds. The van der Waals surface area contributed by atoms with Crippen LogP contribution in [0.1, 0.15) is 11.1 Å². The highest BCUT2D eigenvalue weighted by Gasteiger charge is 2.08. The Morgan fingerprint density at radius 1 is 1.22 bits per heavy atom. The first-order valence-electron chi connectivity index (χ1n) is 6.31. The number of hydrogen-bond donors (Lipinski definition) is 0. The highest BCUT2D eigenvalue weighted by atomic mass is 15.1. The predicted octanol–water partition coefficient (Wildman–Crippen LogP) is 2.73. The fourth-order valence-electron chi connectivity index (χ4n) is 2.11. The Morgan fingerprint density at radius 3 is 2.67 bits per heavy atom. The van der Waals surface area contributed by atoms with Crippen molar-refractivity contribution in [1.82, 2.24) is 14.5 Å². The maximum Gasteiger partial charge on any atom is 0.140 e. The molecule has 0 aliphatic carbocycles. The van der Waals surface area contributed by atoms with Gasteiger partial charge in [-0.2, -0.15) is 0 Å². The highest BCUT2D eigenvalue weighted by molar-refractivity contribution is 5.61. The van der Waals surface area contributed by atoms with E-state index >= 15 is 0 Å². The van der Waals surface area contributed by atoms with Gasteiger partial charge in [0, 0.05) is 31.0 Å². The molecule has 0 bridgehead atoms. The van der Waals surface area contributed by atoms with E-state index in [0.29, 0.717) is 0 Å². The van der Waals surface area contributed by atoms with E-state index in [1.165, 1.54) is 16.7 Å². The summed E-state index contributed by atoms with van der Waals surface area (Å²) in [5, 5.41) is 0. The van der Waals surface area contributed by atoms with E-state index in [2.05, 4.69) is 66.8 Å². The molecule has 3 heteroatoms. The number of aryl methyl sites for hydroxylation is 2. The van der Waals surface area contributed by atoms with Crippen LogP contribution in [0.15, 0.2) is 30.6 Å². The summed E-state index contributed by atoms with van der Waals surface area (Å²) >= 11 is 0. The number of imidazole rings is 1. The molecule has 0 aliphatic rings. The van der Waals surface area contributed by atoms with Crippen LogP contribution < -0.4 is 0 Å². The topological polar surface area (TPSA) is 21.1 Å². The summed E-state index contributed by atoms with van der Waals surface area (Å²) in [7, 11) is 4.18. The Bertz CT molecular complexity index is 526. The molecule has 1 heterocycles. The van der Waals surface area contributed by atoms with Gasteiger partial charge in [0.1, 0.15) is 5.82 Å². The molecule has 0 saturated carbocycles. The lowest BCUT2D eigenvalue weighted by Gasteiger charge is -2.13. The third-order valence-electron chi connectivity index (χ3n) is 3.13. The average Bonchev–Trinajstić information content (AvgIpc) is 2.74. The Kier molecular flexibility index (Phi) is 3.82. The molecule has 0 radical (unpaired) electrons. The van der Waals surface area contributed by atoms with E-state index in [9.17, 15) is 0 Å². The summed E-state index contributed by atoms with van der Waals surface area (Å²) in [5.41, 5.74) is 3.80. The molecule has 0 spiro atoms. The van der Waals surface area contributed by atoms with Gasteiger partial charge in [-0.3, -0.25) is 0 Å². The second-order valence-corrected chi connectivity index (χ2v) is 5.07. The summed E-state index contributed by atoms with van der Waals surface area (Å²) in [6, 6.07) is 6.52. The quantitative estimate of drug-likeness (QED) is 0.823. The Labute approximate surface area is 109 Å². The number of rotatable bonds is 4. The van der Waals surface area contributed by atoms with Crippen LogP contribution in [0.3, 0.4) is 0 Å². The van der Waals surface area contributed by atoms with Crippen molar-refractivity contribution < 1.29 is 0 Å². The third kappa shape index (κ3) is 2.79. The van der Waals surface area contributed by atoms with Gasteiger partial charge in [-0.25, -0.2) is 4.98 Å². The van der Waals surface area contributed by atoms with E-state index in [4.69, 9.17) is 0 Å². The predicted molar refractivity (Wildman–Crippen MR) is 75.7 cm³/mol. The molecular formula is C15H21N3. The van der Waals surface area contributed by atoms with Crippen LogP contribution in [-0.2, 0) is 6.54 Å². The van der Waals surface area contributed by atoms with Gasteiger partial charge in [0.15, 0.2) is 0 Å². The number of benzene rings is 1. The van der Waals surface area contributed by atoms with Crippen LogP contribution in [0.2, 0.25) is 0 Å². The lowest BCUT2D eigenvalue weighted by Crippen LogP contribution is -2.18. The first kappa shape index (κ1) is 12.8. The average molecular weight is 243 g/mol. The fourth-order valence-corrected chi connectivity index (χ4v) is 2.11. The molecule has 18 heavy (non-hydrogen) atoms. The van der Waals surface area contributed by atoms with E-state index < -0.39 is 0 Å². The molecule has 0 N–H and O–H groups in total. The second kappa shape index (κ2) is 5.36. The zero-order valence-corrected chi connectivity index (χ0v) is 11.6. The van der Waals surface area contributed by atoms with Crippen molar-refractivity contribution in [3.05, 3.63) is 41.7 Å². The summed E-state index contributed by atoms with van der Waals surface area (Å²) in [4.78, 5) is 6.69. The molecule has 1 aromatic heterocycles. The zero-order valence-electron chi connectivity index (χ0n) is 11.6. The van der Waals surface area contributed by atoms with Crippen molar-refractivity contribution >= 4 is 0 Å². The normalized spacial score (nSPS) is 11.2. The van der Waals surface area contributed by atoms with Crippen LogP contribution in [0.25, 0.3) is 11.4 Å². The fraction of sp³-hybridized carbons (Fsp3) is 0.400. The van der Waals surface area contributed by atoms with Gasteiger partial charge in [-0.15, -0.1) is 0 Å². The van der Waals surface area contributed by atoms with E-state index in [1.54, 1.807) is 0 Å². The van der Waals surface area contributed by atoms with Crippen molar-refractivity contribution in [1.29, 1.82) is 0 Å². The van der Waals surface area contributed by atoms with Crippen molar-refractivity contribution in [2.45, 2.75) is 20.4 Å². The monoisotopic (exact) mass is 243 g/mol. The second-order valence-electron chi connectivity index (χ2n) is 5.07. The first-order chi connectivity index (χ1) is 8.58. The van der Waals surface area contributed by atoms with Gasteiger partial charge in [0.25, 0.3) is 0 Å². The van der Waals surface area contributed by atoms with Gasteiger partial charge in [-0.05, 0) is 33.5 Å². The van der Waals surface area contributed by atoms with E-state index in [1.807, 2.05) is 6.20 Å². The molecule has 96 valence electrons. The van der Waals surface area contributed by atoms with Gasteiger partial charge >= 0.3 is 0 Å². The Hall–Kier alpha value is -1.61. The molecule has 3 nitrogen and oxygen atoms in total. The van der Waals surface area contributed by atoms with E-state index in [0.717, 1.165) is 18.9 Å². The van der Waals surface area contributed by atoms with Gasteiger partial charge < -0.3 is 9.47 Å². The number of aromatic nitrogens is 2. The van der Waals surface area contributed by atoms with Gasteiger partial charge in [-0.1, -0.05) is 23.8 Å². The SMILES string of the molecule is Cc1ccc(-c2nccn2CCN(C)C)c(C)c1. The van der Waals surface area contributed by atoms with Crippen LogP contribution in [0, 0.1) is 13.8 Å². The third-order valence-corrected chi connectivity index (χ3v) is 3.13. The smallest absolute Gasteiger partial charge is 0.140 e. The van der Waals surface area contributed by atoms with Crippen molar-refractivity contribution in [3.8, 4) is 11.4 Å². The lowest BCUT2D eigenvalue weighted by atomic mass is 10.1.